The van der Waals surface area contributed by atoms with Gasteiger partial charge in [0.1, 0.15) is 0 Å². The number of hydrogen-bond acceptors (Lipinski definition) is 2. The molecule has 0 saturated carbocycles. The molecule has 2 aromatic carbocycles. The average molecular weight is 279 g/mol. The maximum Gasteiger partial charge on any atom is 0.0489 e. The Hall–Kier alpha value is -2.13. The number of fused-ring (bicyclic) bond motifs is 1. The molecular formula is C18H21N3. The van der Waals surface area contributed by atoms with Crippen LogP contribution in [0, 0.1) is 0 Å². The van der Waals surface area contributed by atoms with Crippen LogP contribution in [0.25, 0.3) is 10.8 Å². The zero-order chi connectivity index (χ0) is 14.5. The normalized spacial score (nSPS) is 12.6. The van der Waals surface area contributed by atoms with Crippen LogP contribution in [0.4, 0.5) is 0 Å². The Kier molecular flexibility index (Phi) is 4.31. The maximum absolute atomic E-state index is 4.21. The van der Waals surface area contributed by atoms with Gasteiger partial charge in [-0.1, -0.05) is 36.4 Å². The Morgan fingerprint density at radius 1 is 1.10 bits per heavy atom. The molecule has 108 valence electrons. The van der Waals surface area contributed by atoms with E-state index in [0.29, 0.717) is 6.04 Å². The van der Waals surface area contributed by atoms with Crippen LogP contribution in [0.1, 0.15) is 24.9 Å². The summed E-state index contributed by atoms with van der Waals surface area (Å²) in [5, 5.41) is 10.4. The van der Waals surface area contributed by atoms with E-state index in [2.05, 4.69) is 59.8 Å². The van der Waals surface area contributed by atoms with Crippen molar-refractivity contribution >= 4 is 10.8 Å². The van der Waals surface area contributed by atoms with Crippen LogP contribution >= 0.6 is 0 Å². The van der Waals surface area contributed by atoms with Crippen molar-refractivity contribution in [3.8, 4) is 0 Å². The van der Waals surface area contributed by atoms with Gasteiger partial charge in [0.25, 0.3) is 0 Å². The van der Waals surface area contributed by atoms with Crippen molar-refractivity contribution in [3.05, 3.63) is 66.5 Å². The lowest BCUT2D eigenvalue weighted by molar-refractivity contribution is 0.507. The predicted octanol–water partition coefficient (Wildman–Crippen LogP) is 3.78. The second-order valence-corrected chi connectivity index (χ2v) is 5.41. The monoisotopic (exact) mass is 279 g/mol. The molecule has 0 radical (unpaired) electrons. The Bertz CT molecular complexity index is 689. The number of nitrogens with one attached hydrogen (secondary N) is 1. The summed E-state index contributed by atoms with van der Waals surface area (Å²) in [6.45, 7) is 4.18. The lowest BCUT2D eigenvalue weighted by Crippen LogP contribution is -2.21. The number of hydrogen-bond donors (Lipinski definition) is 1. The van der Waals surface area contributed by atoms with Crippen molar-refractivity contribution in [3.63, 3.8) is 0 Å². The molecule has 21 heavy (non-hydrogen) atoms. The first-order valence-electron chi connectivity index (χ1n) is 7.52. The highest BCUT2D eigenvalue weighted by molar-refractivity contribution is 5.83. The first-order chi connectivity index (χ1) is 10.3. The van der Waals surface area contributed by atoms with Crippen molar-refractivity contribution in [2.24, 2.45) is 0 Å². The lowest BCUT2D eigenvalue weighted by atomic mass is 10.0. The summed E-state index contributed by atoms with van der Waals surface area (Å²) in [6, 6.07) is 17.5. The Morgan fingerprint density at radius 2 is 1.95 bits per heavy atom. The fourth-order valence-electron chi connectivity index (χ4n) is 2.59. The van der Waals surface area contributed by atoms with Gasteiger partial charge in [0.2, 0.25) is 0 Å². The van der Waals surface area contributed by atoms with Gasteiger partial charge in [0.15, 0.2) is 0 Å². The summed E-state index contributed by atoms with van der Waals surface area (Å²) in [5.74, 6) is 0. The van der Waals surface area contributed by atoms with E-state index in [9.17, 15) is 0 Å². The molecule has 3 rings (SSSR count). The van der Waals surface area contributed by atoms with Crippen LogP contribution in [-0.2, 0) is 6.54 Å². The average Bonchev–Trinajstić information content (AvgIpc) is 3.04. The number of nitrogens with zero attached hydrogens (tertiary/aromatic N) is 2. The van der Waals surface area contributed by atoms with E-state index in [1.165, 1.54) is 16.3 Å². The quantitative estimate of drug-likeness (QED) is 0.696. The molecule has 0 bridgehead atoms. The molecule has 0 amide bonds. The summed E-state index contributed by atoms with van der Waals surface area (Å²) in [5.41, 5.74) is 1.34. The maximum atomic E-state index is 4.21. The third-order valence-electron chi connectivity index (χ3n) is 3.85. The standard InChI is InChI=1S/C18H21N3/c1-15(19-10-4-12-21-13-5-11-20-21)17-9-8-16-6-2-3-7-18(16)14-17/h2-3,5-9,11,13-15,19H,4,10,12H2,1H3. The third kappa shape index (κ3) is 3.50. The molecule has 0 fully saturated rings. The summed E-state index contributed by atoms with van der Waals surface area (Å²) >= 11 is 0. The van der Waals surface area contributed by atoms with Crippen LogP contribution in [0.3, 0.4) is 0 Å². The minimum atomic E-state index is 0.368. The topological polar surface area (TPSA) is 29.9 Å². The molecule has 0 aliphatic carbocycles. The fourth-order valence-corrected chi connectivity index (χ4v) is 2.59. The number of rotatable bonds is 6. The van der Waals surface area contributed by atoms with Gasteiger partial charge in [-0.2, -0.15) is 5.10 Å². The number of benzene rings is 2. The first-order valence-corrected chi connectivity index (χ1v) is 7.52. The molecular weight excluding hydrogens is 258 g/mol. The van der Waals surface area contributed by atoms with E-state index >= 15 is 0 Å². The van der Waals surface area contributed by atoms with Gasteiger partial charge in [0, 0.05) is 25.0 Å². The van der Waals surface area contributed by atoms with Gasteiger partial charge >= 0.3 is 0 Å². The van der Waals surface area contributed by atoms with Gasteiger partial charge in [-0.05, 0) is 48.4 Å². The second-order valence-electron chi connectivity index (χ2n) is 5.41. The van der Waals surface area contributed by atoms with Crippen LogP contribution in [-0.4, -0.2) is 16.3 Å². The van der Waals surface area contributed by atoms with Gasteiger partial charge in [-0.25, -0.2) is 0 Å². The summed E-state index contributed by atoms with van der Waals surface area (Å²) in [6.07, 6.45) is 4.91. The molecule has 1 atom stereocenters. The Balaban J connectivity index is 1.55. The predicted molar refractivity (Wildman–Crippen MR) is 87.2 cm³/mol. The van der Waals surface area contributed by atoms with Gasteiger partial charge in [-0.15, -0.1) is 0 Å². The molecule has 3 nitrogen and oxygen atoms in total. The van der Waals surface area contributed by atoms with E-state index in [4.69, 9.17) is 0 Å². The molecule has 3 heteroatoms. The van der Waals surface area contributed by atoms with Crippen molar-refractivity contribution in [1.29, 1.82) is 0 Å². The molecule has 1 heterocycles. The summed E-state index contributed by atoms with van der Waals surface area (Å²) in [4.78, 5) is 0. The Morgan fingerprint density at radius 3 is 2.76 bits per heavy atom. The van der Waals surface area contributed by atoms with E-state index in [0.717, 1.165) is 19.5 Å². The van der Waals surface area contributed by atoms with E-state index in [-0.39, 0.29) is 0 Å². The molecule has 3 aromatic rings. The van der Waals surface area contributed by atoms with Crippen LogP contribution in [0.15, 0.2) is 60.9 Å². The highest BCUT2D eigenvalue weighted by Crippen LogP contribution is 2.20. The van der Waals surface area contributed by atoms with Gasteiger partial charge < -0.3 is 5.32 Å². The number of aromatic nitrogens is 2. The second kappa shape index (κ2) is 6.55. The smallest absolute Gasteiger partial charge is 0.0489 e. The Labute approximate surface area is 125 Å². The molecule has 1 N–H and O–H groups in total. The molecule has 0 aliphatic rings. The minimum Gasteiger partial charge on any atom is -0.310 e. The molecule has 0 aliphatic heterocycles. The zero-order valence-electron chi connectivity index (χ0n) is 12.4. The van der Waals surface area contributed by atoms with E-state index in [1.807, 2.05) is 23.1 Å². The first kappa shape index (κ1) is 13.8. The minimum absolute atomic E-state index is 0.368. The molecule has 0 spiro atoms. The van der Waals surface area contributed by atoms with Crippen LogP contribution in [0.5, 0.6) is 0 Å². The highest BCUT2D eigenvalue weighted by atomic mass is 15.3. The summed E-state index contributed by atoms with van der Waals surface area (Å²) < 4.78 is 1.97. The zero-order valence-corrected chi connectivity index (χ0v) is 12.4. The molecule has 1 unspecified atom stereocenters. The number of aryl methyl sites for hydroxylation is 1. The van der Waals surface area contributed by atoms with Crippen LogP contribution in [0.2, 0.25) is 0 Å². The van der Waals surface area contributed by atoms with Gasteiger partial charge in [0.05, 0.1) is 0 Å². The van der Waals surface area contributed by atoms with Gasteiger partial charge in [-0.3, -0.25) is 4.68 Å². The van der Waals surface area contributed by atoms with Crippen LogP contribution < -0.4 is 5.32 Å². The van der Waals surface area contributed by atoms with E-state index in [1.54, 1.807) is 0 Å². The van der Waals surface area contributed by atoms with Crippen molar-refractivity contribution < 1.29 is 0 Å². The van der Waals surface area contributed by atoms with Crippen molar-refractivity contribution in [1.82, 2.24) is 15.1 Å². The fraction of sp³-hybridized carbons (Fsp3) is 0.278. The summed E-state index contributed by atoms with van der Waals surface area (Å²) in [7, 11) is 0. The van der Waals surface area contributed by atoms with E-state index < -0.39 is 0 Å². The molecule has 0 saturated heterocycles. The lowest BCUT2D eigenvalue weighted by Gasteiger charge is -2.15. The third-order valence-corrected chi connectivity index (χ3v) is 3.85. The van der Waals surface area contributed by atoms with Crippen molar-refractivity contribution in [2.45, 2.75) is 25.9 Å². The highest BCUT2D eigenvalue weighted by Gasteiger charge is 2.05. The SMILES string of the molecule is CC(NCCCn1cccn1)c1ccc2ccccc2c1. The van der Waals surface area contributed by atoms with Crippen molar-refractivity contribution in [2.75, 3.05) is 6.54 Å². The molecule has 1 aromatic heterocycles. The largest absolute Gasteiger partial charge is 0.310 e.